The number of hydrogen-bond acceptors (Lipinski definition) is 3. The van der Waals surface area contributed by atoms with Gasteiger partial charge in [0.1, 0.15) is 5.60 Å². The van der Waals surface area contributed by atoms with E-state index in [0.717, 1.165) is 11.1 Å². The molecule has 0 unspecified atom stereocenters. The lowest BCUT2D eigenvalue weighted by Crippen LogP contribution is -2.32. The molecule has 0 atom stereocenters. The summed E-state index contributed by atoms with van der Waals surface area (Å²) in [5.41, 5.74) is 7.06. The van der Waals surface area contributed by atoms with E-state index in [4.69, 9.17) is 22.7 Å². The highest BCUT2D eigenvalue weighted by molar-refractivity contribution is 7.80. The molecule has 104 valence electrons. The van der Waals surface area contributed by atoms with Crippen LogP contribution < -0.4 is 11.1 Å². The van der Waals surface area contributed by atoms with Gasteiger partial charge in [0.15, 0.2) is 0 Å². The van der Waals surface area contributed by atoms with Gasteiger partial charge >= 0.3 is 6.09 Å². The third-order valence-corrected chi connectivity index (χ3v) is 2.45. The Kier molecular flexibility index (Phi) is 5.30. The van der Waals surface area contributed by atoms with E-state index in [-0.39, 0.29) is 0 Å². The van der Waals surface area contributed by atoms with Crippen molar-refractivity contribution in [2.45, 2.75) is 39.3 Å². The molecule has 0 spiro atoms. The van der Waals surface area contributed by atoms with Gasteiger partial charge in [0, 0.05) is 13.0 Å². The lowest BCUT2D eigenvalue weighted by atomic mass is 10.0. The van der Waals surface area contributed by atoms with Crippen LogP contribution in [0.15, 0.2) is 24.3 Å². The standard InChI is InChI=1S/C14H20N2O2S/c1-14(2,3)18-13(17)16-9-11-7-5-4-6-10(11)8-12(15)19/h4-7H,8-9H2,1-3H3,(H2,15,19)(H,16,17). The number of carbonyl (C=O) groups is 1. The summed E-state index contributed by atoms with van der Waals surface area (Å²) < 4.78 is 5.18. The van der Waals surface area contributed by atoms with Crippen molar-refractivity contribution in [3.05, 3.63) is 35.4 Å². The molecule has 0 aromatic heterocycles. The summed E-state index contributed by atoms with van der Waals surface area (Å²) in [5.74, 6) is 0. The number of rotatable bonds is 4. The number of benzene rings is 1. The molecule has 4 nitrogen and oxygen atoms in total. The molecule has 0 radical (unpaired) electrons. The summed E-state index contributed by atoms with van der Waals surface area (Å²) in [6, 6.07) is 7.72. The number of amides is 1. The van der Waals surface area contributed by atoms with E-state index in [1.54, 1.807) is 0 Å². The SMILES string of the molecule is CC(C)(C)OC(=O)NCc1ccccc1CC(N)=S. The van der Waals surface area contributed by atoms with Crippen molar-refractivity contribution in [2.75, 3.05) is 0 Å². The van der Waals surface area contributed by atoms with Gasteiger partial charge in [-0.05, 0) is 31.9 Å². The molecule has 19 heavy (non-hydrogen) atoms. The van der Waals surface area contributed by atoms with Crippen LogP contribution >= 0.6 is 12.2 Å². The van der Waals surface area contributed by atoms with Gasteiger partial charge in [-0.15, -0.1) is 0 Å². The zero-order chi connectivity index (χ0) is 14.5. The van der Waals surface area contributed by atoms with E-state index in [0.29, 0.717) is 18.0 Å². The van der Waals surface area contributed by atoms with Gasteiger partial charge in [-0.25, -0.2) is 4.79 Å². The van der Waals surface area contributed by atoms with Crippen molar-refractivity contribution in [1.29, 1.82) is 0 Å². The Labute approximate surface area is 119 Å². The maximum atomic E-state index is 11.6. The Morgan fingerprint density at radius 2 is 1.89 bits per heavy atom. The van der Waals surface area contributed by atoms with Gasteiger partial charge < -0.3 is 15.8 Å². The largest absolute Gasteiger partial charge is 0.444 e. The van der Waals surface area contributed by atoms with E-state index < -0.39 is 11.7 Å². The minimum absolute atomic E-state index is 0.397. The van der Waals surface area contributed by atoms with Crippen molar-refractivity contribution >= 4 is 23.3 Å². The fourth-order valence-corrected chi connectivity index (χ4v) is 1.73. The molecule has 0 aliphatic heterocycles. The number of alkyl carbamates (subject to hydrolysis) is 1. The van der Waals surface area contributed by atoms with E-state index in [2.05, 4.69) is 5.32 Å². The minimum Gasteiger partial charge on any atom is -0.444 e. The summed E-state index contributed by atoms with van der Waals surface area (Å²) in [4.78, 5) is 12.0. The molecule has 0 bridgehead atoms. The lowest BCUT2D eigenvalue weighted by Gasteiger charge is -2.20. The number of nitrogens with one attached hydrogen (secondary N) is 1. The van der Waals surface area contributed by atoms with Gasteiger partial charge in [-0.3, -0.25) is 0 Å². The average molecular weight is 280 g/mol. The van der Waals surface area contributed by atoms with E-state index in [9.17, 15) is 4.79 Å². The summed E-state index contributed by atoms with van der Waals surface area (Å²) in [6.45, 7) is 5.88. The summed E-state index contributed by atoms with van der Waals surface area (Å²) in [6.07, 6.45) is 0.0965. The van der Waals surface area contributed by atoms with Gasteiger partial charge in [0.2, 0.25) is 0 Å². The predicted octanol–water partition coefficient (Wildman–Crippen LogP) is 2.54. The van der Waals surface area contributed by atoms with Crippen LogP contribution in [0.2, 0.25) is 0 Å². The molecule has 1 amide bonds. The normalized spacial score (nSPS) is 10.9. The van der Waals surface area contributed by atoms with Crippen LogP contribution in [0.3, 0.4) is 0 Å². The highest BCUT2D eigenvalue weighted by atomic mass is 32.1. The second-order valence-corrected chi connectivity index (χ2v) is 5.79. The van der Waals surface area contributed by atoms with Crippen molar-refractivity contribution in [1.82, 2.24) is 5.32 Å². The Morgan fingerprint density at radius 1 is 1.32 bits per heavy atom. The number of hydrogen-bond donors (Lipinski definition) is 2. The van der Waals surface area contributed by atoms with Crippen molar-refractivity contribution in [3.8, 4) is 0 Å². The molecule has 0 aliphatic rings. The molecule has 1 aromatic carbocycles. The van der Waals surface area contributed by atoms with E-state index >= 15 is 0 Å². The Morgan fingerprint density at radius 3 is 2.42 bits per heavy atom. The fourth-order valence-electron chi connectivity index (χ4n) is 1.57. The summed E-state index contributed by atoms with van der Waals surface area (Å²) in [5, 5.41) is 2.72. The van der Waals surface area contributed by atoms with Gasteiger partial charge in [0.05, 0.1) is 4.99 Å². The first-order chi connectivity index (χ1) is 8.78. The first-order valence-corrected chi connectivity index (χ1v) is 6.50. The highest BCUT2D eigenvalue weighted by Crippen LogP contribution is 2.11. The molecular formula is C14H20N2O2S. The van der Waals surface area contributed by atoms with E-state index in [1.165, 1.54) is 0 Å². The van der Waals surface area contributed by atoms with Gasteiger partial charge in [-0.2, -0.15) is 0 Å². The van der Waals surface area contributed by atoms with Crippen molar-refractivity contribution < 1.29 is 9.53 Å². The Hall–Kier alpha value is -1.62. The average Bonchev–Trinajstić information content (AvgIpc) is 2.24. The molecule has 0 fully saturated rings. The second-order valence-electron chi connectivity index (χ2n) is 5.27. The fraction of sp³-hybridized carbons (Fsp3) is 0.429. The molecular weight excluding hydrogens is 260 g/mol. The van der Waals surface area contributed by atoms with Crippen LogP contribution in [0.1, 0.15) is 31.9 Å². The van der Waals surface area contributed by atoms with Crippen LogP contribution in [-0.2, 0) is 17.7 Å². The third-order valence-electron chi connectivity index (χ3n) is 2.31. The van der Waals surface area contributed by atoms with Crippen molar-refractivity contribution in [2.24, 2.45) is 5.73 Å². The van der Waals surface area contributed by atoms with Crippen LogP contribution in [0.5, 0.6) is 0 Å². The minimum atomic E-state index is -0.498. The molecule has 5 heteroatoms. The molecule has 0 heterocycles. The second kappa shape index (κ2) is 6.52. The molecule has 1 aromatic rings. The van der Waals surface area contributed by atoms with Crippen LogP contribution in [-0.4, -0.2) is 16.7 Å². The number of ether oxygens (including phenoxy) is 1. The smallest absolute Gasteiger partial charge is 0.407 e. The van der Waals surface area contributed by atoms with Crippen LogP contribution in [0.4, 0.5) is 4.79 Å². The Balaban J connectivity index is 2.62. The topological polar surface area (TPSA) is 64.3 Å². The number of thiocarbonyl (C=S) groups is 1. The lowest BCUT2D eigenvalue weighted by molar-refractivity contribution is 0.0523. The first kappa shape index (κ1) is 15.4. The molecule has 1 rings (SSSR count). The summed E-state index contributed by atoms with van der Waals surface area (Å²) >= 11 is 4.91. The monoisotopic (exact) mass is 280 g/mol. The van der Waals surface area contributed by atoms with Crippen LogP contribution in [0, 0.1) is 0 Å². The molecule has 0 saturated carbocycles. The predicted molar refractivity (Wildman–Crippen MR) is 80.0 cm³/mol. The first-order valence-electron chi connectivity index (χ1n) is 6.10. The maximum absolute atomic E-state index is 11.6. The van der Waals surface area contributed by atoms with Crippen molar-refractivity contribution in [3.63, 3.8) is 0 Å². The zero-order valence-electron chi connectivity index (χ0n) is 11.5. The summed E-state index contributed by atoms with van der Waals surface area (Å²) in [7, 11) is 0. The highest BCUT2D eigenvalue weighted by Gasteiger charge is 2.16. The van der Waals surface area contributed by atoms with Gasteiger partial charge in [-0.1, -0.05) is 36.5 Å². The number of carbonyl (C=O) groups excluding carboxylic acids is 1. The Bertz CT molecular complexity index is 467. The molecule has 0 saturated heterocycles. The molecule has 0 aliphatic carbocycles. The van der Waals surface area contributed by atoms with Gasteiger partial charge in [0.25, 0.3) is 0 Å². The third kappa shape index (κ3) is 6.20. The number of nitrogens with two attached hydrogens (primary N) is 1. The zero-order valence-corrected chi connectivity index (χ0v) is 12.3. The van der Waals surface area contributed by atoms with Crippen LogP contribution in [0.25, 0.3) is 0 Å². The van der Waals surface area contributed by atoms with E-state index in [1.807, 2.05) is 45.0 Å². The molecule has 3 N–H and O–H groups in total. The quantitative estimate of drug-likeness (QED) is 0.832. The maximum Gasteiger partial charge on any atom is 0.407 e.